The van der Waals surface area contributed by atoms with Crippen LogP contribution in [-0.2, 0) is 0 Å². The first kappa shape index (κ1) is 39.1. The average Bonchev–Trinajstić information content (AvgIpc) is 3.66. The molecule has 2 heterocycles. The molecule has 5 nitrogen and oxygen atoms in total. The summed E-state index contributed by atoms with van der Waals surface area (Å²) in [4.78, 5) is 17.2. The van der Waals surface area contributed by atoms with Crippen molar-refractivity contribution in [1.82, 2.24) is 19.5 Å². The van der Waals surface area contributed by atoms with Crippen molar-refractivity contribution >= 4 is 106 Å². The minimum absolute atomic E-state index is 0.163. The van der Waals surface area contributed by atoms with E-state index < -0.39 is 0 Å². The molecule has 10 rings (SSSR count). The Morgan fingerprint density at radius 1 is 0.516 bits per heavy atom. The Balaban J connectivity index is 1.11. The summed E-state index contributed by atoms with van der Waals surface area (Å²) in [6.07, 6.45) is 8.68. The highest BCUT2D eigenvalue weighted by molar-refractivity contribution is 6.68. The maximum atomic E-state index is 6.50. The lowest BCUT2D eigenvalue weighted by Crippen LogP contribution is -2.55. The van der Waals surface area contributed by atoms with Gasteiger partial charge in [-0.1, -0.05) is 144 Å². The number of anilines is 2. The molecule has 62 heavy (non-hydrogen) atoms. The van der Waals surface area contributed by atoms with E-state index in [0.29, 0.717) is 28.7 Å². The van der Waals surface area contributed by atoms with Crippen molar-refractivity contribution in [3.8, 4) is 50.7 Å². The molecular formula is C52H34B5N5. The molecule has 0 fully saturated rings. The largest absolute Gasteiger partial charge is 0.313 e. The van der Waals surface area contributed by atoms with Gasteiger partial charge in [-0.2, -0.15) is 9.97 Å². The molecule has 10 heteroatoms. The van der Waals surface area contributed by atoms with Crippen molar-refractivity contribution in [2.75, 3.05) is 11.9 Å². The van der Waals surface area contributed by atoms with Gasteiger partial charge in [-0.15, -0.1) is 16.4 Å². The molecule has 7 aromatic carbocycles. The third-order valence-corrected chi connectivity index (χ3v) is 11.8. The van der Waals surface area contributed by atoms with Gasteiger partial charge in [-0.05, 0) is 65.4 Å². The highest BCUT2D eigenvalue weighted by Gasteiger charge is 2.21. The lowest BCUT2D eigenvalue weighted by molar-refractivity contribution is 0.999. The van der Waals surface area contributed by atoms with E-state index in [2.05, 4.69) is 108 Å². The lowest BCUT2D eigenvalue weighted by Gasteiger charge is -2.23. The van der Waals surface area contributed by atoms with Gasteiger partial charge in [-0.3, -0.25) is 0 Å². The molecule has 10 radical (unpaired) electrons. The minimum Gasteiger partial charge on any atom is -0.313 e. The van der Waals surface area contributed by atoms with Crippen molar-refractivity contribution in [2.24, 2.45) is 0 Å². The standard InChI is InChI=1S/C52H34B5N5/c1-61(52-59-50(32-17-6-3-7-18-32)58-51(60-52)35-20-14-19-34(29-35)44-45(53)47(55)49(57)48(56)46(44)54)40-24-11-8-22-37(40)33-27-28-39-38-23-10-13-26-42(38)62(43(39)30-33)41-25-12-9-21-36(41)31-15-4-2-5-16-31/h2-4,6-15,17-30H,5,16H2,1H3. The number of nitrogens with zero attached hydrogens (tertiary/aromatic N) is 5. The Hall–Kier alpha value is -7.05. The highest BCUT2D eigenvalue weighted by Crippen LogP contribution is 2.40. The molecule has 0 N–H and O–H groups in total. The molecule has 282 valence electrons. The lowest BCUT2D eigenvalue weighted by atomic mass is 9.59. The molecule has 0 saturated carbocycles. The fourth-order valence-electron chi connectivity index (χ4n) is 8.62. The number of fused-ring (bicyclic) bond motifs is 3. The Morgan fingerprint density at radius 3 is 1.92 bits per heavy atom. The third kappa shape index (κ3) is 6.80. The quantitative estimate of drug-likeness (QED) is 0.154. The molecule has 1 aliphatic carbocycles. The van der Waals surface area contributed by atoms with Crippen LogP contribution in [0.4, 0.5) is 11.6 Å². The van der Waals surface area contributed by atoms with Gasteiger partial charge in [0.25, 0.3) is 0 Å². The predicted octanol–water partition coefficient (Wildman–Crippen LogP) is 7.11. The second-order valence-electron chi connectivity index (χ2n) is 15.5. The topological polar surface area (TPSA) is 46.8 Å². The van der Waals surface area contributed by atoms with Gasteiger partial charge in [0.2, 0.25) is 5.95 Å². The van der Waals surface area contributed by atoms with E-state index in [9.17, 15) is 0 Å². The van der Waals surface area contributed by atoms with Crippen molar-refractivity contribution < 1.29 is 0 Å². The van der Waals surface area contributed by atoms with E-state index in [4.69, 9.17) is 54.2 Å². The van der Waals surface area contributed by atoms with Crippen molar-refractivity contribution in [3.63, 3.8) is 0 Å². The SMILES string of the molecule is [B]c1c([B])c([B])c(-c2cccc(-c3nc(-c4ccccc4)nc(N(C)c4ccccc4-c4ccc5c6ccccc6n(-c6ccccc6C6=CC=CCC6)c5c4)n3)c2)c([B])c1[B]. The monoisotopic (exact) mass is 783 g/mol. The molecule has 0 amide bonds. The molecule has 0 unspecified atom stereocenters. The number of hydrogen-bond donors (Lipinski definition) is 0. The molecule has 9 aromatic rings. The van der Waals surface area contributed by atoms with Crippen LogP contribution in [-0.4, -0.2) is 65.8 Å². The van der Waals surface area contributed by atoms with Gasteiger partial charge in [0.1, 0.15) is 39.2 Å². The number of rotatable bonds is 8. The Morgan fingerprint density at radius 2 is 1.15 bits per heavy atom. The summed E-state index contributed by atoms with van der Waals surface area (Å²) in [6.45, 7) is 0. The van der Waals surface area contributed by atoms with Crippen LogP contribution in [0, 0.1) is 0 Å². The fraction of sp³-hybridized carbons (Fsp3) is 0.0577. The number of allylic oxidation sites excluding steroid dienone is 4. The normalized spacial score (nSPS) is 12.5. The van der Waals surface area contributed by atoms with E-state index in [-0.39, 0.29) is 27.3 Å². The van der Waals surface area contributed by atoms with E-state index in [1.165, 1.54) is 21.9 Å². The molecule has 0 saturated heterocycles. The van der Waals surface area contributed by atoms with E-state index in [1.807, 2.05) is 72.6 Å². The fourth-order valence-corrected chi connectivity index (χ4v) is 8.62. The first-order valence-electron chi connectivity index (χ1n) is 20.5. The first-order chi connectivity index (χ1) is 30.3. The van der Waals surface area contributed by atoms with Crippen LogP contribution in [0.1, 0.15) is 18.4 Å². The molecule has 0 spiro atoms. The van der Waals surface area contributed by atoms with Crippen molar-refractivity contribution in [1.29, 1.82) is 0 Å². The summed E-state index contributed by atoms with van der Waals surface area (Å²) in [5.41, 5.74) is 12.8. The van der Waals surface area contributed by atoms with Crippen LogP contribution < -0.4 is 32.2 Å². The molecule has 0 bridgehead atoms. The van der Waals surface area contributed by atoms with E-state index in [1.54, 1.807) is 0 Å². The Labute approximate surface area is 368 Å². The molecule has 0 atom stereocenters. The first-order valence-corrected chi connectivity index (χ1v) is 20.5. The molecule has 0 aliphatic heterocycles. The summed E-state index contributed by atoms with van der Waals surface area (Å²) in [5, 5.41) is 2.39. The van der Waals surface area contributed by atoms with Gasteiger partial charge in [0, 0.05) is 40.1 Å². The number of hydrogen-bond acceptors (Lipinski definition) is 4. The maximum Gasteiger partial charge on any atom is 0.233 e. The Kier molecular flexibility index (Phi) is 10.2. The molecule has 1 aliphatic rings. The zero-order chi connectivity index (χ0) is 42.5. The van der Waals surface area contributed by atoms with Gasteiger partial charge in [-0.25, -0.2) is 4.98 Å². The van der Waals surface area contributed by atoms with Crippen molar-refractivity contribution in [2.45, 2.75) is 12.8 Å². The van der Waals surface area contributed by atoms with Crippen LogP contribution >= 0.6 is 0 Å². The summed E-state index contributed by atoms with van der Waals surface area (Å²) in [6, 6.07) is 50.0. The minimum atomic E-state index is 0.163. The van der Waals surface area contributed by atoms with Gasteiger partial charge in [0.05, 0.1) is 22.4 Å². The summed E-state index contributed by atoms with van der Waals surface area (Å²) >= 11 is 0. The predicted molar refractivity (Wildman–Crippen MR) is 264 cm³/mol. The molecular weight excluding hydrogens is 749 g/mol. The van der Waals surface area contributed by atoms with E-state index >= 15 is 0 Å². The van der Waals surface area contributed by atoms with Crippen LogP contribution in [0.25, 0.3) is 78.1 Å². The second-order valence-corrected chi connectivity index (χ2v) is 15.5. The Bertz CT molecular complexity index is 3250. The van der Waals surface area contributed by atoms with Gasteiger partial charge >= 0.3 is 0 Å². The van der Waals surface area contributed by atoms with Gasteiger partial charge < -0.3 is 9.47 Å². The summed E-state index contributed by atoms with van der Waals surface area (Å²) in [7, 11) is 33.6. The number of aromatic nitrogens is 4. The zero-order valence-electron chi connectivity index (χ0n) is 34.1. The molecule has 2 aromatic heterocycles. The summed E-state index contributed by atoms with van der Waals surface area (Å²) in [5.74, 6) is 1.45. The second kappa shape index (κ2) is 16.1. The van der Waals surface area contributed by atoms with E-state index in [0.717, 1.165) is 57.5 Å². The van der Waals surface area contributed by atoms with Gasteiger partial charge in [0.15, 0.2) is 11.6 Å². The number of benzene rings is 7. The van der Waals surface area contributed by atoms with Crippen LogP contribution in [0.2, 0.25) is 0 Å². The maximum absolute atomic E-state index is 6.50. The van der Waals surface area contributed by atoms with Crippen LogP contribution in [0.3, 0.4) is 0 Å². The van der Waals surface area contributed by atoms with Crippen molar-refractivity contribution in [3.05, 3.63) is 169 Å². The van der Waals surface area contributed by atoms with Crippen LogP contribution in [0.15, 0.2) is 164 Å². The summed E-state index contributed by atoms with van der Waals surface area (Å²) < 4.78 is 2.42. The third-order valence-electron chi connectivity index (χ3n) is 11.8. The average molecular weight is 783 g/mol. The van der Waals surface area contributed by atoms with Crippen LogP contribution in [0.5, 0.6) is 0 Å². The smallest absolute Gasteiger partial charge is 0.233 e. The number of para-hydroxylation sites is 3. The zero-order valence-corrected chi connectivity index (χ0v) is 34.1. The highest BCUT2D eigenvalue weighted by atomic mass is 15.3.